The summed E-state index contributed by atoms with van der Waals surface area (Å²) in [5.74, 6) is -0.0776. The van der Waals surface area contributed by atoms with Crippen LogP contribution in [0.2, 0.25) is 0 Å². The van der Waals surface area contributed by atoms with Gasteiger partial charge in [0.05, 0.1) is 37.7 Å². The van der Waals surface area contributed by atoms with Crippen LogP contribution >= 0.6 is 0 Å². The summed E-state index contributed by atoms with van der Waals surface area (Å²) in [6.07, 6.45) is 1.53. The highest BCUT2D eigenvalue weighted by molar-refractivity contribution is 7.89. The third-order valence-corrected chi connectivity index (χ3v) is 5.31. The average Bonchev–Trinajstić information content (AvgIpc) is 2.54. The molecule has 0 aliphatic heterocycles. The molecule has 23 heavy (non-hydrogen) atoms. The van der Waals surface area contributed by atoms with Gasteiger partial charge in [-0.05, 0) is 24.0 Å². The van der Waals surface area contributed by atoms with Gasteiger partial charge in [-0.2, -0.15) is 0 Å². The fourth-order valence-corrected chi connectivity index (χ4v) is 3.91. The maximum atomic E-state index is 12.3. The molecule has 1 aliphatic rings. The van der Waals surface area contributed by atoms with Crippen LogP contribution in [-0.4, -0.2) is 54.3 Å². The van der Waals surface area contributed by atoms with Crippen molar-refractivity contribution >= 4 is 10.0 Å². The first-order valence-electron chi connectivity index (χ1n) is 7.74. The monoisotopic (exact) mass is 343 g/mol. The predicted octanol–water partition coefficient (Wildman–Crippen LogP) is 1.27. The lowest BCUT2D eigenvalue weighted by atomic mass is 9.86. The summed E-state index contributed by atoms with van der Waals surface area (Å²) in [6, 6.07) is 7.54. The first kappa shape index (κ1) is 18.4. The van der Waals surface area contributed by atoms with Gasteiger partial charge >= 0.3 is 0 Å². The number of rotatable bonds is 9. The molecule has 0 saturated carbocycles. The van der Waals surface area contributed by atoms with Crippen molar-refractivity contribution in [3.63, 3.8) is 0 Å². The largest absolute Gasteiger partial charge is 0.382 e. The van der Waals surface area contributed by atoms with Crippen LogP contribution in [-0.2, 0) is 30.7 Å². The van der Waals surface area contributed by atoms with Gasteiger partial charge in [0.1, 0.15) is 0 Å². The zero-order valence-corrected chi connectivity index (χ0v) is 14.5. The summed E-state index contributed by atoms with van der Waals surface area (Å²) in [4.78, 5) is 0. The van der Waals surface area contributed by atoms with Crippen molar-refractivity contribution in [2.75, 3.05) is 39.8 Å². The Morgan fingerprint density at radius 1 is 1.17 bits per heavy atom. The van der Waals surface area contributed by atoms with Gasteiger partial charge in [-0.15, -0.1) is 0 Å². The maximum Gasteiger partial charge on any atom is 0.214 e. The van der Waals surface area contributed by atoms with Gasteiger partial charge in [-0.1, -0.05) is 24.3 Å². The highest BCUT2D eigenvalue weighted by atomic mass is 32.2. The highest BCUT2D eigenvalue weighted by Crippen LogP contribution is 2.32. The molecule has 0 unspecified atom stereocenters. The van der Waals surface area contributed by atoms with Gasteiger partial charge in [0.15, 0.2) is 0 Å². The second-order valence-corrected chi connectivity index (χ2v) is 7.40. The topological polar surface area (TPSA) is 73.9 Å². The molecule has 0 bridgehead atoms. The third-order valence-electron chi connectivity index (χ3n) is 4.00. The molecule has 2 atom stereocenters. The van der Waals surface area contributed by atoms with Crippen LogP contribution in [0.3, 0.4) is 0 Å². The molecule has 0 amide bonds. The van der Waals surface area contributed by atoms with E-state index in [-0.39, 0.29) is 24.5 Å². The summed E-state index contributed by atoms with van der Waals surface area (Å²) in [6.45, 7) is 0.985. The molecule has 0 radical (unpaired) electrons. The van der Waals surface area contributed by atoms with Crippen molar-refractivity contribution in [1.29, 1.82) is 0 Å². The highest BCUT2D eigenvalue weighted by Gasteiger charge is 2.32. The van der Waals surface area contributed by atoms with Gasteiger partial charge < -0.3 is 14.2 Å². The Balaban J connectivity index is 2.01. The molecule has 0 spiro atoms. The molecule has 0 heterocycles. The Kier molecular flexibility index (Phi) is 6.98. The van der Waals surface area contributed by atoms with Gasteiger partial charge in [-0.3, -0.25) is 0 Å². The molecule has 0 fully saturated rings. The molecule has 7 heteroatoms. The van der Waals surface area contributed by atoms with Crippen molar-refractivity contribution in [1.82, 2.24) is 4.72 Å². The Bertz CT molecular complexity index is 590. The molecule has 130 valence electrons. The minimum atomic E-state index is -3.45. The number of hydrogen-bond donors (Lipinski definition) is 1. The van der Waals surface area contributed by atoms with Gasteiger partial charge in [-0.25, -0.2) is 13.1 Å². The zero-order chi connectivity index (χ0) is 16.7. The van der Waals surface area contributed by atoms with Crippen molar-refractivity contribution in [3.05, 3.63) is 35.4 Å². The number of hydrogen-bond acceptors (Lipinski definition) is 5. The van der Waals surface area contributed by atoms with Crippen molar-refractivity contribution in [3.8, 4) is 0 Å². The Morgan fingerprint density at radius 3 is 2.70 bits per heavy atom. The Hall–Kier alpha value is -0.990. The smallest absolute Gasteiger partial charge is 0.214 e. The molecule has 1 aromatic carbocycles. The summed E-state index contributed by atoms with van der Waals surface area (Å²) in [5, 5.41) is 0. The van der Waals surface area contributed by atoms with E-state index in [2.05, 4.69) is 4.72 Å². The van der Waals surface area contributed by atoms with Crippen molar-refractivity contribution < 1.29 is 22.6 Å². The number of nitrogens with one attached hydrogen (secondary N) is 1. The maximum absolute atomic E-state index is 12.3. The van der Waals surface area contributed by atoms with Crippen LogP contribution in [0.4, 0.5) is 0 Å². The van der Waals surface area contributed by atoms with Crippen LogP contribution < -0.4 is 4.72 Å². The van der Waals surface area contributed by atoms with E-state index >= 15 is 0 Å². The quantitative estimate of drug-likeness (QED) is 0.684. The van der Waals surface area contributed by atoms with E-state index in [1.165, 1.54) is 5.56 Å². The lowest BCUT2D eigenvalue weighted by molar-refractivity contribution is 0.0623. The molecule has 1 N–H and O–H groups in total. The van der Waals surface area contributed by atoms with E-state index in [1.54, 1.807) is 14.2 Å². The molecule has 2 rings (SSSR count). The van der Waals surface area contributed by atoms with Crippen LogP contribution in [0.15, 0.2) is 24.3 Å². The van der Waals surface area contributed by atoms with Crippen molar-refractivity contribution in [2.24, 2.45) is 0 Å². The zero-order valence-electron chi connectivity index (χ0n) is 13.7. The van der Waals surface area contributed by atoms with Gasteiger partial charge in [0.2, 0.25) is 10.0 Å². The number of fused-ring (bicyclic) bond motifs is 1. The minimum Gasteiger partial charge on any atom is -0.382 e. The van der Waals surface area contributed by atoms with Crippen LogP contribution in [0.1, 0.15) is 23.6 Å². The van der Waals surface area contributed by atoms with E-state index in [9.17, 15) is 8.42 Å². The van der Waals surface area contributed by atoms with Crippen LogP contribution in [0, 0.1) is 0 Å². The summed E-state index contributed by atoms with van der Waals surface area (Å²) in [5.41, 5.74) is 2.17. The fourth-order valence-electron chi connectivity index (χ4n) is 2.79. The number of sulfonamides is 1. The normalized spacial score (nSPS) is 21.1. The SMILES string of the molecule is COCCOCCS(=O)(=O)N[C@H]1c2ccccc2CC[C@@H]1OC. The van der Waals surface area contributed by atoms with E-state index in [0.717, 1.165) is 18.4 Å². The standard InChI is InChI=1S/C16H25NO5S/c1-20-9-10-22-11-12-23(18,19)17-16-14-6-4-3-5-13(14)7-8-15(16)21-2/h3-6,15-17H,7-12H2,1-2H3/t15-,16-/m0/s1. The number of benzene rings is 1. The van der Waals surface area contributed by atoms with Crippen molar-refractivity contribution in [2.45, 2.75) is 25.0 Å². The second kappa shape index (κ2) is 8.75. The van der Waals surface area contributed by atoms with E-state index < -0.39 is 10.0 Å². The van der Waals surface area contributed by atoms with Gasteiger partial charge in [0.25, 0.3) is 0 Å². The Morgan fingerprint density at radius 2 is 1.96 bits per heavy atom. The number of ether oxygens (including phenoxy) is 3. The average molecular weight is 343 g/mol. The van der Waals surface area contributed by atoms with E-state index in [4.69, 9.17) is 14.2 Å². The first-order valence-corrected chi connectivity index (χ1v) is 9.40. The molecular formula is C16H25NO5S. The molecule has 1 aliphatic carbocycles. The summed E-state index contributed by atoms with van der Waals surface area (Å²) in [7, 11) is -0.255. The van der Waals surface area contributed by atoms with Gasteiger partial charge in [0, 0.05) is 14.2 Å². The molecule has 0 saturated heterocycles. The summed E-state index contributed by atoms with van der Waals surface area (Å²) < 4.78 is 43.0. The molecule has 6 nitrogen and oxygen atoms in total. The number of methoxy groups -OCH3 is 2. The first-order chi connectivity index (χ1) is 11.1. The Labute approximate surface area is 138 Å². The fraction of sp³-hybridized carbons (Fsp3) is 0.625. The number of aryl methyl sites for hydroxylation is 1. The lowest BCUT2D eigenvalue weighted by Gasteiger charge is -2.33. The minimum absolute atomic E-state index is 0.0776. The lowest BCUT2D eigenvalue weighted by Crippen LogP contribution is -2.41. The summed E-state index contributed by atoms with van der Waals surface area (Å²) >= 11 is 0. The third kappa shape index (κ3) is 5.26. The molecule has 1 aromatic rings. The van der Waals surface area contributed by atoms with E-state index in [0.29, 0.717) is 13.2 Å². The van der Waals surface area contributed by atoms with E-state index in [1.807, 2.05) is 24.3 Å². The van der Waals surface area contributed by atoms with Crippen LogP contribution in [0.5, 0.6) is 0 Å². The predicted molar refractivity (Wildman–Crippen MR) is 87.9 cm³/mol. The van der Waals surface area contributed by atoms with Crippen LogP contribution in [0.25, 0.3) is 0 Å². The molecule has 0 aromatic heterocycles. The molecular weight excluding hydrogens is 318 g/mol. The second-order valence-electron chi connectivity index (χ2n) is 5.53.